The van der Waals surface area contributed by atoms with E-state index >= 15 is 0 Å². The van der Waals surface area contributed by atoms with Gasteiger partial charge in [-0.2, -0.15) is 5.10 Å². The second-order valence-corrected chi connectivity index (χ2v) is 8.31. The van der Waals surface area contributed by atoms with Gasteiger partial charge in [-0.3, -0.25) is 4.79 Å². The highest BCUT2D eigenvalue weighted by molar-refractivity contribution is 6.30. The zero-order valence-corrected chi connectivity index (χ0v) is 16.7. The van der Waals surface area contributed by atoms with E-state index in [2.05, 4.69) is 0 Å². The van der Waals surface area contributed by atoms with E-state index in [9.17, 15) is 10.0 Å². The lowest BCUT2D eigenvalue weighted by Gasteiger charge is -2.37. The maximum Gasteiger partial charge on any atom is 0.274 e. The normalized spacial score (nSPS) is 22.9. The van der Waals surface area contributed by atoms with Gasteiger partial charge in [0.1, 0.15) is 0 Å². The van der Waals surface area contributed by atoms with Crippen molar-refractivity contribution in [2.75, 3.05) is 20.1 Å². The zero-order valence-electron chi connectivity index (χ0n) is 16.0. The predicted octanol–water partition coefficient (Wildman–Crippen LogP) is 4.31. The molecule has 3 aromatic rings. The minimum atomic E-state index is -0.240. The summed E-state index contributed by atoms with van der Waals surface area (Å²) in [5.41, 5.74) is 1.90. The van der Waals surface area contributed by atoms with Gasteiger partial charge in [-0.25, -0.2) is 4.68 Å². The van der Waals surface area contributed by atoms with Gasteiger partial charge in [0.15, 0.2) is 0 Å². The summed E-state index contributed by atoms with van der Waals surface area (Å²) < 4.78 is 1.40. The number of hydrogen-bond acceptors (Lipinski definition) is 3. The molecule has 0 spiro atoms. The molecule has 5 nitrogen and oxygen atoms in total. The van der Waals surface area contributed by atoms with Crippen LogP contribution in [-0.4, -0.2) is 34.6 Å². The summed E-state index contributed by atoms with van der Waals surface area (Å²) in [6.45, 7) is 1.11. The fourth-order valence-electron chi connectivity index (χ4n) is 4.03. The van der Waals surface area contributed by atoms with Crippen molar-refractivity contribution in [2.45, 2.75) is 31.7 Å². The highest BCUT2D eigenvalue weighted by Gasteiger charge is 2.24. The van der Waals surface area contributed by atoms with Crippen LogP contribution in [-0.2, 0) is 6.42 Å². The lowest BCUT2D eigenvalue weighted by atomic mass is 10.0. The van der Waals surface area contributed by atoms with Crippen molar-refractivity contribution in [1.29, 1.82) is 0 Å². The van der Waals surface area contributed by atoms with Gasteiger partial charge in [-0.1, -0.05) is 41.9 Å². The summed E-state index contributed by atoms with van der Waals surface area (Å²) in [5.74, 6) is 0. The highest BCUT2D eigenvalue weighted by atomic mass is 35.5. The van der Waals surface area contributed by atoms with Crippen molar-refractivity contribution in [3.8, 4) is 0 Å². The van der Waals surface area contributed by atoms with Crippen LogP contribution in [0.15, 0.2) is 53.3 Å². The first-order valence-corrected chi connectivity index (χ1v) is 10.1. The molecule has 0 aliphatic carbocycles. The topological polar surface area (TPSA) is 57.9 Å². The third kappa shape index (κ3) is 3.97. The molecule has 0 radical (unpaired) electrons. The van der Waals surface area contributed by atoms with Gasteiger partial charge in [0.2, 0.25) is 0 Å². The van der Waals surface area contributed by atoms with E-state index < -0.39 is 0 Å². The number of quaternary nitrogens is 1. The number of halogens is 1. The summed E-state index contributed by atoms with van der Waals surface area (Å²) in [4.78, 5) is 13.2. The van der Waals surface area contributed by atoms with Crippen molar-refractivity contribution >= 4 is 22.4 Å². The molecule has 0 amide bonds. The Hall–Kier alpha value is -2.21. The smallest absolute Gasteiger partial charge is 0.274 e. The first-order valence-electron chi connectivity index (χ1n) is 9.73. The minimum Gasteiger partial charge on any atom is -0.633 e. The molecular formula is C22H24ClN3O2. The molecule has 2 unspecified atom stereocenters. The molecule has 2 aromatic carbocycles. The second kappa shape index (κ2) is 7.66. The van der Waals surface area contributed by atoms with Gasteiger partial charge >= 0.3 is 0 Å². The molecule has 2 atom stereocenters. The van der Waals surface area contributed by atoms with Crippen LogP contribution in [0.4, 0.5) is 0 Å². The molecule has 1 aromatic heterocycles. The van der Waals surface area contributed by atoms with Gasteiger partial charge in [0.25, 0.3) is 5.56 Å². The fourth-order valence-corrected chi connectivity index (χ4v) is 4.16. The van der Waals surface area contributed by atoms with Crippen LogP contribution in [0.2, 0.25) is 5.02 Å². The number of likely N-dealkylation sites (tertiary alicyclic amines) is 1. The van der Waals surface area contributed by atoms with Gasteiger partial charge < -0.3 is 9.85 Å². The first kappa shape index (κ1) is 19.1. The molecule has 0 bridgehead atoms. The van der Waals surface area contributed by atoms with Crippen LogP contribution in [0.1, 0.15) is 36.6 Å². The van der Waals surface area contributed by atoms with Gasteiger partial charge in [-0.05, 0) is 36.6 Å². The Balaban J connectivity index is 1.78. The monoisotopic (exact) mass is 397 g/mol. The Bertz CT molecular complexity index is 1040. The van der Waals surface area contributed by atoms with Crippen LogP contribution >= 0.6 is 11.6 Å². The number of nitrogens with zero attached hydrogens (tertiary/aromatic N) is 3. The lowest BCUT2D eigenvalue weighted by molar-refractivity contribution is -0.859. The number of hydroxylamine groups is 3. The minimum absolute atomic E-state index is 0.0324. The van der Waals surface area contributed by atoms with Gasteiger partial charge in [-0.15, -0.1) is 0 Å². The average Bonchev–Trinajstić information content (AvgIpc) is 2.86. The molecule has 1 aliphatic rings. The Kier molecular flexibility index (Phi) is 5.23. The van der Waals surface area contributed by atoms with Crippen molar-refractivity contribution in [1.82, 2.24) is 9.78 Å². The standard InChI is InChI=1S/C22H24ClN3O2/c1-26(28)13-4-5-18(12-14-26)25-22(27)20-7-3-2-6-19(20)21(24-25)15-16-8-10-17(23)11-9-16/h2-3,6-11,18H,4-5,12-15H2,1H3. The third-order valence-corrected chi connectivity index (χ3v) is 5.89. The Morgan fingerprint density at radius 3 is 2.57 bits per heavy atom. The molecule has 0 saturated carbocycles. The van der Waals surface area contributed by atoms with Crippen LogP contribution in [0, 0.1) is 5.21 Å². The van der Waals surface area contributed by atoms with Gasteiger partial charge in [0, 0.05) is 23.3 Å². The number of fused-ring (bicyclic) bond motifs is 1. The first-order chi connectivity index (χ1) is 13.4. The lowest BCUT2D eigenvalue weighted by Crippen LogP contribution is -2.38. The molecule has 4 rings (SSSR count). The summed E-state index contributed by atoms with van der Waals surface area (Å²) in [6, 6.07) is 15.3. The number of hydrogen-bond donors (Lipinski definition) is 0. The number of rotatable bonds is 3. The highest BCUT2D eigenvalue weighted by Crippen LogP contribution is 2.25. The Morgan fingerprint density at radius 2 is 1.82 bits per heavy atom. The summed E-state index contributed by atoms with van der Waals surface area (Å²) in [7, 11) is 1.71. The number of aromatic nitrogens is 2. The predicted molar refractivity (Wildman–Crippen MR) is 112 cm³/mol. The molecule has 0 N–H and O–H groups in total. The zero-order chi connectivity index (χ0) is 19.7. The van der Waals surface area contributed by atoms with E-state index in [4.69, 9.17) is 16.7 Å². The van der Waals surface area contributed by atoms with Crippen molar-refractivity contribution in [3.63, 3.8) is 0 Å². The average molecular weight is 398 g/mol. The summed E-state index contributed by atoms with van der Waals surface area (Å²) >= 11 is 6.01. The van der Waals surface area contributed by atoms with Crippen molar-refractivity contribution < 1.29 is 4.65 Å². The Labute approximate surface area is 169 Å². The maximum absolute atomic E-state index is 13.2. The van der Waals surface area contributed by atoms with Crippen molar-refractivity contribution in [2.24, 2.45) is 0 Å². The Morgan fingerprint density at radius 1 is 1.11 bits per heavy atom. The van der Waals surface area contributed by atoms with Crippen LogP contribution < -0.4 is 5.56 Å². The SMILES string of the molecule is C[N+]1([O-])CCCC(n2nc(Cc3ccc(Cl)cc3)c3ccccc3c2=O)CC1. The molecule has 2 heterocycles. The summed E-state index contributed by atoms with van der Waals surface area (Å²) in [6.07, 6.45) is 2.91. The molecule has 1 aliphatic heterocycles. The maximum atomic E-state index is 13.2. The van der Waals surface area contributed by atoms with E-state index in [0.29, 0.717) is 36.3 Å². The summed E-state index contributed by atoms with van der Waals surface area (Å²) in [5, 5.41) is 19.4. The van der Waals surface area contributed by atoms with Gasteiger partial charge in [0.05, 0.1) is 37.3 Å². The number of benzene rings is 2. The van der Waals surface area contributed by atoms with E-state index in [1.54, 1.807) is 11.7 Å². The van der Waals surface area contributed by atoms with E-state index in [1.165, 1.54) is 0 Å². The molecule has 146 valence electrons. The molecule has 1 fully saturated rings. The fraction of sp³-hybridized carbons (Fsp3) is 0.364. The van der Waals surface area contributed by atoms with Crippen LogP contribution in [0.25, 0.3) is 10.8 Å². The largest absolute Gasteiger partial charge is 0.633 e. The molecular weight excluding hydrogens is 374 g/mol. The van der Waals surface area contributed by atoms with Crippen molar-refractivity contribution in [3.05, 3.63) is 80.4 Å². The molecule has 1 saturated heterocycles. The van der Waals surface area contributed by atoms with E-state index in [1.807, 2.05) is 48.5 Å². The molecule has 28 heavy (non-hydrogen) atoms. The van der Waals surface area contributed by atoms with E-state index in [-0.39, 0.29) is 16.2 Å². The van der Waals surface area contributed by atoms with Crippen LogP contribution in [0.5, 0.6) is 0 Å². The third-order valence-electron chi connectivity index (χ3n) is 5.64. The van der Waals surface area contributed by atoms with Crippen LogP contribution in [0.3, 0.4) is 0 Å². The second-order valence-electron chi connectivity index (χ2n) is 7.87. The quantitative estimate of drug-likeness (QED) is 0.488. The molecule has 6 heteroatoms. The van der Waals surface area contributed by atoms with E-state index in [0.717, 1.165) is 29.5 Å².